The van der Waals surface area contributed by atoms with Crippen molar-refractivity contribution < 1.29 is 14.3 Å². The number of nitrogens with one attached hydrogen (secondary N) is 2. The molecule has 1 aromatic heterocycles. The lowest BCUT2D eigenvalue weighted by atomic mass is 9.55. The Kier molecular flexibility index (Phi) is 6.70. The van der Waals surface area contributed by atoms with Gasteiger partial charge in [0.1, 0.15) is 0 Å². The van der Waals surface area contributed by atoms with Crippen molar-refractivity contribution in [3.05, 3.63) is 48.5 Å². The second kappa shape index (κ2) is 9.64. The Morgan fingerprint density at radius 3 is 2.84 bits per heavy atom. The molecule has 31 heavy (non-hydrogen) atoms. The number of anilines is 1. The van der Waals surface area contributed by atoms with Gasteiger partial charge in [-0.3, -0.25) is 9.59 Å². The number of imidazole rings is 1. The van der Waals surface area contributed by atoms with Crippen LogP contribution >= 0.6 is 0 Å². The summed E-state index contributed by atoms with van der Waals surface area (Å²) in [5, 5.41) is 6.15. The van der Waals surface area contributed by atoms with Gasteiger partial charge in [-0.15, -0.1) is 0 Å². The van der Waals surface area contributed by atoms with Crippen molar-refractivity contribution in [2.75, 3.05) is 11.9 Å². The standard InChI is InChI=1S/C24H32N4O3/c1-2-31-21-16-20(24(21)10-4-3-5-11-24)27-23(30)18-7-6-8-19(15-18)26-22(29)9-13-28-14-12-25-17-28/h6-8,12,14-15,17,20-21H,2-5,9-11,13,16H2,1H3,(H,26,29)(H,27,30)/t20-,21+/m1/s1. The molecule has 2 amide bonds. The number of hydrogen-bond acceptors (Lipinski definition) is 4. The van der Waals surface area contributed by atoms with E-state index in [0.29, 0.717) is 24.2 Å². The number of nitrogens with zero attached hydrogens (tertiary/aromatic N) is 2. The van der Waals surface area contributed by atoms with Gasteiger partial charge in [-0.05, 0) is 44.4 Å². The number of carbonyl (C=O) groups excluding carboxylic acids is 2. The summed E-state index contributed by atoms with van der Waals surface area (Å²) in [5.41, 5.74) is 1.29. The highest BCUT2D eigenvalue weighted by molar-refractivity contribution is 5.97. The van der Waals surface area contributed by atoms with Crippen LogP contribution in [0.15, 0.2) is 43.0 Å². The first-order valence-corrected chi connectivity index (χ1v) is 11.4. The van der Waals surface area contributed by atoms with Crippen LogP contribution in [0.5, 0.6) is 0 Å². The molecule has 2 aliphatic carbocycles. The zero-order chi connectivity index (χ0) is 21.7. The van der Waals surface area contributed by atoms with Gasteiger partial charge in [-0.25, -0.2) is 4.98 Å². The zero-order valence-corrected chi connectivity index (χ0v) is 18.2. The number of aryl methyl sites for hydroxylation is 1. The Hall–Kier alpha value is -2.67. The molecule has 0 aliphatic heterocycles. The van der Waals surface area contributed by atoms with E-state index in [4.69, 9.17) is 4.74 Å². The van der Waals surface area contributed by atoms with E-state index in [2.05, 4.69) is 15.6 Å². The molecule has 0 saturated heterocycles. The quantitative estimate of drug-likeness (QED) is 0.676. The maximum absolute atomic E-state index is 13.0. The molecule has 7 heteroatoms. The molecule has 2 saturated carbocycles. The maximum Gasteiger partial charge on any atom is 0.251 e. The lowest BCUT2D eigenvalue weighted by Gasteiger charge is -2.57. The van der Waals surface area contributed by atoms with Gasteiger partial charge in [0.05, 0.1) is 12.4 Å². The highest BCUT2D eigenvalue weighted by atomic mass is 16.5. The fraction of sp³-hybridized carbons (Fsp3) is 0.542. The van der Waals surface area contributed by atoms with Gasteiger partial charge in [0.25, 0.3) is 5.91 Å². The summed E-state index contributed by atoms with van der Waals surface area (Å²) in [6, 6.07) is 7.31. The molecule has 4 rings (SSSR count). The summed E-state index contributed by atoms with van der Waals surface area (Å²) in [6.07, 6.45) is 12.6. The number of carbonyl (C=O) groups is 2. The summed E-state index contributed by atoms with van der Waals surface area (Å²) in [5.74, 6) is -0.176. The normalized spacial score (nSPS) is 22.0. The zero-order valence-electron chi connectivity index (χ0n) is 18.2. The topological polar surface area (TPSA) is 85.3 Å². The van der Waals surface area contributed by atoms with Gasteiger partial charge in [-0.2, -0.15) is 0 Å². The smallest absolute Gasteiger partial charge is 0.251 e. The largest absolute Gasteiger partial charge is 0.378 e. The third-order valence-corrected chi connectivity index (χ3v) is 6.81. The van der Waals surface area contributed by atoms with Gasteiger partial charge in [0.2, 0.25) is 5.91 Å². The molecule has 1 aromatic carbocycles. The summed E-state index contributed by atoms with van der Waals surface area (Å²) in [6.45, 7) is 3.32. The lowest BCUT2D eigenvalue weighted by molar-refractivity contribution is -0.146. The fourth-order valence-electron chi connectivity index (χ4n) is 5.12. The van der Waals surface area contributed by atoms with Crippen molar-refractivity contribution in [3.63, 3.8) is 0 Å². The van der Waals surface area contributed by atoms with Crippen LogP contribution in [-0.2, 0) is 16.1 Å². The van der Waals surface area contributed by atoms with Crippen LogP contribution < -0.4 is 10.6 Å². The molecule has 1 heterocycles. The molecular weight excluding hydrogens is 392 g/mol. The van der Waals surface area contributed by atoms with Crippen molar-refractivity contribution in [1.82, 2.24) is 14.9 Å². The molecule has 2 fully saturated rings. The monoisotopic (exact) mass is 424 g/mol. The SMILES string of the molecule is CCO[C@H]1C[C@@H](NC(=O)c2cccc(NC(=O)CCn3ccnc3)c2)C12CCCCC2. The molecule has 2 N–H and O–H groups in total. The Labute approximate surface area is 183 Å². The Morgan fingerprint density at radius 1 is 1.26 bits per heavy atom. The average molecular weight is 425 g/mol. The predicted molar refractivity (Wildman–Crippen MR) is 119 cm³/mol. The third-order valence-electron chi connectivity index (χ3n) is 6.81. The average Bonchev–Trinajstić information content (AvgIpc) is 3.31. The molecule has 2 aliphatic rings. The highest BCUT2D eigenvalue weighted by Crippen LogP contribution is 2.53. The second-order valence-corrected chi connectivity index (χ2v) is 8.68. The van der Waals surface area contributed by atoms with Crippen LogP contribution in [0, 0.1) is 5.41 Å². The summed E-state index contributed by atoms with van der Waals surface area (Å²) >= 11 is 0. The molecule has 2 atom stereocenters. The van der Waals surface area contributed by atoms with Crippen LogP contribution in [0.3, 0.4) is 0 Å². The summed E-state index contributed by atoms with van der Waals surface area (Å²) < 4.78 is 7.86. The van der Waals surface area contributed by atoms with Gasteiger partial charge in [-0.1, -0.05) is 25.3 Å². The molecule has 166 valence electrons. The molecule has 0 radical (unpaired) electrons. The van der Waals surface area contributed by atoms with Crippen LogP contribution in [-0.4, -0.2) is 40.1 Å². The minimum atomic E-state index is -0.0917. The molecular formula is C24H32N4O3. The third kappa shape index (κ3) is 4.82. The van der Waals surface area contributed by atoms with Gasteiger partial charge < -0.3 is 19.9 Å². The molecule has 7 nitrogen and oxygen atoms in total. The van der Waals surface area contributed by atoms with Crippen LogP contribution in [0.25, 0.3) is 0 Å². The number of ether oxygens (including phenoxy) is 1. The number of amides is 2. The number of hydrogen-bond donors (Lipinski definition) is 2. The molecule has 0 unspecified atom stereocenters. The van der Waals surface area contributed by atoms with E-state index in [1.807, 2.05) is 23.8 Å². The van der Waals surface area contributed by atoms with E-state index >= 15 is 0 Å². The first-order chi connectivity index (χ1) is 15.1. The van der Waals surface area contributed by atoms with Crippen LogP contribution in [0.4, 0.5) is 5.69 Å². The predicted octanol–water partition coefficient (Wildman–Crippen LogP) is 3.77. The molecule has 2 aromatic rings. The first kappa shape index (κ1) is 21.6. The Bertz CT molecular complexity index is 890. The Balaban J connectivity index is 1.35. The van der Waals surface area contributed by atoms with Crippen molar-refractivity contribution in [2.24, 2.45) is 5.41 Å². The van der Waals surface area contributed by atoms with Crippen molar-refractivity contribution >= 4 is 17.5 Å². The van der Waals surface area contributed by atoms with Gasteiger partial charge >= 0.3 is 0 Å². The maximum atomic E-state index is 13.0. The summed E-state index contributed by atoms with van der Waals surface area (Å²) in [7, 11) is 0. The molecule has 1 spiro atoms. The highest BCUT2D eigenvalue weighted by Gasteiger charge is 2.56. The van der Waals surface area contributed by atoms with Crippen molar-refractivity contribution in [2.45, 2.75) is 70.6 Å². The minimum absolute atomic E-state index is 0.0839. The van der Waals surface area contributed by atoms with E-state index in [0.717, 1.165) is 25.9 Å². The second-order valence-electron chi connectivity index (χ2n) is 8.68. The van der Waals surface area contributed by atoms with Crippen LogP contribution in [0.1, 0.15) is 62.2 Å². The Morgan fingerprint density at radius 2 is 2.10 bits per heavy atom. The molecule has 0 bridgehead atoms. The van der Waals surface area contributed by atoms with E-state index < -0.39 is 0 Å². The fourth-order valence-corrected chi connectivity index (χ4v) is 5.12. The lowest BCUT2D eigenvalue weighted by Crippen LogP contribution is -2.65. The van der Waals surface area contributed by atoms with Crippen LogP contribution in [0.2, 0.25) is 0 Å². The van der Waals surface area contributed by atoms with Crippen molar-refractivity contribution in [1.29, 1.82) is 0 Å². The van der Waals surface area contributed by atoms with Crippen molar-refractivity contribution in [3.8, 4) is 0 Å². The van der Waals surface area contributed by atoms with E-state index in [1.54, 1.807) is 30.7 Å². The van der Waals surface area contributed by atoms with Gasteiger partial charge in [0.15, 0.2) is 0 Å². The number of benzene rings is 1. The van der Waals surface area contributed by atoms with E-state index in [-0.39, 0.29) is 29.4 Å². The number of aromatic nitrogens is 2. The number of rotatable bonds is 8. The van der Waals surface area contributed by atoms with E-state index in [1.165, 1.54) is 19.3 Å². The first-order valence-electron chi connectivity index (χ1n) is 11.4. The van der Waals surface area contributed by atoms with Gasteiger partial charge in [0, 0.05) is 54.7 Å². The summed E-state index contributed by atoms with van der Waals surface area (Å²) in [4.78, 5) is 29.2. The minimum Gasteiger partial charge on any atom is -0.378 e. The van der Waals surface area contributed by atoms with E-state index in [9.17, 15) is 9.59 Å².